The summed E-state index contributed by atoms with van der Waals surface area (Å²) < 4.78 is 28.7. The van der Waals surface area contributed by atoms with E-state index < -0.39 is 21.7 Å². The molecule has 1 aliphatic heterocycles. The number of hydrogen-bond donors (Lipinski definition) is 2. The highest BCUT2D eigenvalue weighted by atomic mass is 32.2. The van der Waals surface area contributed by atoms with Crippen molar-refractivity contribution in [1.82, 2.24) is 13.9 Å². The Balaban J connectivity index is 1.92. The van der Waals surface area contributed by atoms with Gasteiger partial charge in [-0.1, -0.05) is 24.3 Å². The van der Waals surface area contributed by atoms with Crippen LogP contribution in [0.2, 0.25) is 0 Å². The highest BCUT2D eigenvalue weighted by molar-refractivity contribution is 7.89. The number of nitrogens with zero attached hydrogens (tertiary/aromatic N) is 3. The highest BCUT2D eigenvalue weighted by Gasteiger charge is 2.41. The van der Waals surface area contributed by atoms with E-state index in [9.17, 15) is 18.3 Å². The van der Waals surface area contributed by atoms with E-state index >= 15 is 0 Å². The van der Waals surface area contributed by atoms with Crippen LogP contribution in [0.15, 0.2) is 53.1 Å². The lowest BCUT2D eigenvalue weighted by Crippen LogP contribution is -2.37. The van der Waals surface area contributed by atoms with E-state index in [1.54, 1.807) is 61.0 Å². The molecule has 1 aromatic carbocycles. The lowest BCUT2D eigenvalue weighted by atomic mass is 10.2. The number of pyridine rings is 1. The van der Waals surface area contributed by atoms with Crippen LogP contribution in [0, 0.1) is 6.92 Å². The van der Waals surface area contributed by atoms with Gasteiger partial charge in [0.2, 0.25) is 0 Å². The number of sulfonamides is 1. The normalized spacial score (nSPS) is 15.6. The molecule has 0 spiro atoms. The van der Waals surface area contributed by atoms with Gasteiger partial charge in [0.25, 0.3) is 15.9 Å². The maximum absolute atomic E-state index is 13.2. The first kappa shape index (κ1) is 18.1. The summed E-state index contributed by atoms with van der Waals surface area (Å²) in [5.74, 6) is -0.910. The summed E-state index contributed by atoms with van der Waals surface area (Å²) in [4.78, 5) is 17.0. The van der Waals surface area contributed by atoms with Gasteiger partial charge in [-0.15, -0.1) is 0 Å². The Bertz CT molecular complexity index is 1270. The molecule has 0 fully saturated rings. The quantitative estimate of drug-likeness (QED) is 0.690. The molecule has 0 aliphatic carbocycles. The van der Waals surface area contributed by atoms with Crippen LogP contribution < -0.4 is 5.32 Å². The second-order valence-corrected chi connectivity index (χ2v) is 8.45. The Morgan fingerprint density at radius 3 is 2.54 bits per heavy atom. The summed E-state index contributed by atoms with van der Waals surface area (Å²) in [6.45, 7) is 1.77. The zero-order valence-electron chi connectivity index (χ0n) is 15.5. The van der Waals surface area contributed by atoms with Crippen molar-refractivity contribution in [2.75, 3.05) is 12.4 Å². The molecule has 1 aliphatic rings. The first-order valence-corrected chi connectivity index (χ1v) is 9.92. The Hall–Kier alpha value is -3.33. The van der Waals surface area contributed by atoms with Gasteiger partial charge in [0.15, 0.2) is 11.5 Å². The summed E-state index contributed by atoms with van der Waals surface area (Å²) in [6.07, 6.45) is 0. The number of nitrogens with one attached hydrogen (secondary N) is 1. The lowest BCUT2D eigenvalue weighted by molar-refractivity contribution is -0.113. The lowest BCUT2D eigenvalue weighted by Gasteiger charge is -2.27. The monoisotopic (exact) mass is 398 g/mol. The number of aliphatic hydroxyl groups excluding tert-OH is 1. The second kappa shape index (κ2) is 6.10. The third kappa shape index (κ3) is 2.47. The van der Waals surface area contributed by atoms with E-state index in [1.165, 1.54) is 7.05 Å². The van der Waals surface area contributed by atoms with Crippen molar-refractivity contribution in [2.45, 2.75) is 11.8 Å². The van der Waals surface area contributed by atoms with Crippen molar-refractivity contribution in [3.8, 4) is 0 Å². The zero-order chi connectivity index (χ0) is 20.2. The molecule has 28 heavy (non-hydrogen) atoms. The second-order valence-electron chi connectivity index (χ2n) is 6.54. The topological polar surface area (TPSA) is 105 Å². The van der Waals surface area contributed by atoms with Crippen LogP contribution in [0.4, 0.5) is 5.82 Å². The molecule has 0 radical (unpaired) electrons. The summed E-state index contributed by atoms with van der Waals surface area (Å²) in [5.41, 5.74) is 1.05. The van der Waals surface area contributed by atoms with Gasteiger partial charge >= 0.3 is 0 Å². The van der Waals surface area contributed by atoms with Gasteiger partial charge in [0.1, 0.15) is 16.4 Å². The molecule has 4 rings (SSSR count). The first-order valence-electron chi connectivity index (χ1n) is 8.48. The number of aromatic nitrogens is 2. The Morgan fingerprint density at radius 2 is 1.82 bits per heavy atom. The van der Waals surface area contributed by atoms with Crippen molar-refractivity contribution < 1.29 is 18.3 Å². The average molecular weight is 398 g/mol. The maximum Gasteiger partial charge on any atom is 0.278 e. The van der Waals surface area contributed by atoms with Crippen molar-refractivity contribution in [2.24, 2.45) is 7.05 Å². The van der Waals surface area contributed by atoms with Gasteiger partial charge < -0.3 is 15.0 Å². The zero-order valence-corrected chi connectivity index (χ0v) is 16.3. The summed E-state index contributed by atoms with van der Waals surface area (Å²) in [5, 5.41) is 13.9. The summed E-state index contributed by atoms with van der Waals surface area (Å²) in [6, 6.07) is 12.0. The van der Waals surface area contributed by atoms with Gasteiger partial charge in [0.05, 0.1) is 0 Å². The Kier molecular flexibility index (Phi) is 3.93. The predicted octanol–water partition coefficient (Wildman–Crippen LogP) is 2.38. The molecule has 0 unspecified atom stereocenters. The van der Waals surface area contributed by atoms with E-state index in [0.717, 1.165) is 4.31 Å². The van der Waals surface area contributed by atoms with Gasteiger partial charge in [-0.25, -0.2) is 13.4 Å². The van der Waals surface area contributed by atoms with Crippen molar-refractivity contribution >= 4 is 38.4 Å². The number of rotatable bonds is 2. The van der Waals surface area contributed by atoms with Crippen molar-refractivity contribution in [3.05, 3.63) is 59.5 Å². The van der Waals surface area contributed by atoms with E-state index in [0.29, 0.717) is 16.6 Å². The highest BCUT2D eigenvalue weighted by Crippen LogP contribution is 2.40. The molecule has 0 saturated carbocycles. The molecular weight excluding hydrogens is 380 g/mol. The number of aliphatic hydroxyl groups is 1. The number of fused-ring (bicyclic) bond motifs is 3. The largest absolute Gasteiger partial charge is 0.504 e. The summed E-state index contributed by atoms with van der Waals surface area (Å²) in [7, 11) is -1.15. The fourth-order valence-electron chi connectivity index (χ4n) is 3.44. The van der Waals surface area contributed by atoms with Gasteiger partial charge in [-0.3, -0.25) is 9.10 Å². The third-order valence-electron chi connectivity index (χ3n) is 4.79. The van der Waals surface area contributed by atoms with Crippen LogP contribution >= 0.6 is 0 Å². The minimum Gasteiger partial charge on any atom is -0.504 e. The predicted molar refractivity (Wildman–Crippen MR) is 105 cm³/mol. The van der Waals surface area contributed by atoms with Crippen LogP contribution in [-0.4, -0.2) is 40.3 Å². The number of para-hydroxylation sites is 1. The molecule has 3 aromatic rings. The minimum absolute atomic E-state index is 0.0177. The Labute approximate surface area is 161 Å². The SMILES string of the molecule is Cc1cccc(NC(=O)C2=C(O)c3c(c4ccccc4n3C)S(=O)(=O)N2C)n1. The van der Waals surface area contributed by atoms with Gasteiger partial charge in [-0.2, -0.15) is 0 Å². The van der Waals surface area contributed by atoms with E-state index in [2.05, 4.69) is 10.3 Å². The fourth-order valence-corrected chi connectivity index (χ4v) is 5.06. The van der Waals surface area contributed by atoms with Gasteiger partial charge in [-0.05, 0) is 25.1 Å². The van der Waals surface area contributed by atoms with E-state index in [-0.39, 0.29) is 22.1 Å². The molecule has 8 nitrogen and oxygen atoms in total. The number of carbonyl (C=O) groups excluding carboxylic acids is 1. The molecule has 0 atom stereocenters. The summed E-state index contributed by atoms with van der Waals surface area (Å²) >= 11 is 0. The molecule has 1 amide bonds. The van der Waals surface area contributed by atoms with E-state index in [4.69, 9.17) is 0 Å². The number of anilines is 1. The van der Waals surface area contributed by atoms with Gasteiger partial charge in [0, 0.05) is 30.7 Å². The average Bonchev–Trinajstić information content (AvgIpc) is 2.95. The minimum atomic E-state index is -4.04. The van der Waals surface area contributed by atoms with Crippen LogP contribution in [0.3, 0.4) is 0 Å². The molecule has 144 valence electrons. The van der Waals surface area contributed by atoms with Crippen LogP contribution in [0.5, 0.6) is 0 Å². The standard InChI is InChI=1S/C19H18N4O4S/c1-11-7-6-10-14(20-11)21-19(25)16-17(24)15-18(28(26,27)23(16)3)12-8-4-5-9-13(12)22(15)2/h4-10,24H,1-3H3,(H,20,21,25). The third-order valence-corrected chi connectivity index (χ3v) is 6.62. The first-order chi connectivity index (χ1) is 13.2. The molecule has 2 N–H and O–H groups in total. The molecule has 0 bridgehead atoms. The van der Waals surface area contributed by atoms with Crippen LogP contribution in [0.25, 0.3) is 16.7 Å². The number of benzene rings is 1. The van der Waals surface area contributed by atoms with Crippen LogP contribution in [0.1, 0.15) is 11.4 Å². The van der Waals surface area contributed by atoms with Crippen LogP contribution in [-0.2, 0) is 21.9 Å². The maximum atomic E-state index is 13.2. The molecule has 2 aromatic heterocycles. The van der Waals surface area contributed by atoms with E-state index in [1.807, 2.05) is 0 Å². The number of aryl methyl sites for hydroxylation is 2. The smallest absolute Gasteiger partial charge is 0.278 e. The number of carbonyl (C=O) groups is 1. The number of hydrogen-bond acceptors (Lipinski definition) is 5. The van der Waals surface area contributed by atoms with Crippen molar-refractivity contribution in [3.63, 3.8) is 0 Å². The molecule has 9 heteroatoms. The number of likely N-dealkylation sites (N-methyl/N-ethyl adjacent to an activating group) is 1. The molecule has 3 heterocycles. The molecular formula is C19H18N4O4S. The number of amides is 1. The Morgan fingerprint density at radius 1 is 1.11 bits per heavy atom. The molecule has 0 saturated heterocycles. The fraction of sp³-hybridized carbons (Fsp3) is 0.158. The van der Waals surface area contributed by atoms with Crippen molar-refractivity contribution in [1.29, 1.82) is 0 Å².